The predicted molar refractivity (Wildman–Crippen MR) is 342 cm³/mol. The number of piperazine rings is 2. The molecule has 0 atom stereocenters. The van der Waals surface area contributed by atoms with Gasteiger partial charge < -0.3 is 49.6 Å². The molecule has 87 heavy (non-hydrogen) atoms. The second kappa shape index (κ2) is 29.0. The van der Waals surface area contributed by atoms with E-state index in [0.717, 1.165) is 74.2 Å². The Morgan fingerprint density at radius 2 is 0.966 bits per heavy atom. The first-order valence-electron chi connectivity index (χ1n) is 29.4. The molecule has 2 aliphatic rings. The van der Waals surface area contributed by atoms with Crippen LogP contribution < -0.4 is 30.3 Å². The van der Waals surface area contributed by atoms with E-state index in [-0.39, 0.29) is 18.0 Å². The number of carbonyl (C=O) groups is 2. The standard InChI is InChI=1S/C27H32N8O2.C20H26N8O2.2C9H12O/c1-18-21-16-20(10-11-22(21)31-30-18)23-29-25(24(33-32-23)28-17-19-8-6-5-7-9-19)34-12-14-35(15-13-34)26(36)37-27(2,3)4;1-12-14-11-13(5-6-15(14)24-23-12)17-22-18(16(21)25-26-17)27-7-9-28(10-8-27)19(29)30-20(2,3)4;2*1-3-8-4-6-9(10-2)7-5-8/h5-11,16H,12-15,17H2,1-4H3,(H,28,33)(H,30,31);5-6,11H,7-10H2,1-4H3,(H2,21,25)(H,23,24);2*4-7H,3H2,1-2H3. The third kappa shape index (κ3) is 17.5. The number of methoxy groups -OCH3 is 2. The quantitative estimate of drug-likeness (QED) is 0.0938. The van der Waals surface area contributed by atoms with E-state index in [2.05, 4.69) is 106 Å². The maximum atomic E-state index is 12.6. The van der Waals surface area contributed by atoms with Gasteiger partial charge in [0.1, 0.15) is 22.7 Å². The first kappa shape index (κ1) is 63.4. The summed E-state index contributed by atoms with van der Waals surface area (Å²) in [6.45, 7) is 24.5. The van der Waals surface area contributed by atoms with Crippen molar-refractivity contribution < 1.29 is 28.5 Å². The van der Waals surface area contributed by atoms with Crippen LogP contribution in [0.15, 0.2) is 115 Å². The number of nitrogen functional groups attached to an aromatic ring is 1. The van der Waals surface area contributed by atoms with Gasteiger partial charge in [0.15, 0.2) is 34.9 Å². The van der Waals surface area contributed by atoms with Crippen molar-refractivity contribution in [1.82, 2.24) is 60.6 Å². The topological polar surface area (TPSA) is 257 Å². The summed E-state index contributed by atoms with van der Waals surface area (Å²) >= 11 is 0. The van der Waals surface area contributed by atoms with Crippen molar-refractivity contribution in [3.05, 3.63) is 143 Å². The van der Waals surface area contributed by atoms with Gasteiger partial charge in [0.2, 0.25) is 0 Å². The van der Waals surface area contributed by atoms with Crippen LogP contribution in [0.5, 0.6) is 11.5 Å². The van der Waals surface area contributed by atoms with Crippen molar-refractivity contribution in [2.45, 2.75) is 99.8 Å². The summed E-state index contributed by atoms with van der Waals surface area (Å²) in [6, 6.07) is 38.2. The number of H-pyrrole nitrogens is 2. The number of amides is 2. The Morgan fingerprint density at radius 3 is 1.39 bits per heavy atom. The SMILES string of the molecule is CCc1ccc(OC)cc1.CCc1ccc(OC)cc1.Cc1[nH]nc2ccc(-c3nnc(N)c(N4CCN(C(=O)OC(C)(C)C)CC4)n3)cc12.Cc1[nH]nc2ccc(-c3nnc(NCc4ccccc4)c(N4CCN(C(=O)OC(C)(C)C)CC4)n3)cc12. The number of rotatable bonds is 11. The summed E-state index contributed by atoms with van der Waals surface area (Å²) in [5.41, 5.74) is 14.3. The number of aryl methyl sites for hydroxylation is 4. The summed E-state index contributed by atoms with van der Waals surface area (Å²) < 4.78 is 21.0. The molecular formula is C65H82N16O6. The normalized spacial score (nSPS) is 13.3. The molecule has 6 heterocycles. The average Bonchev–Trinajstić information content (AvgIpc) is 2.32. The minimum atomic E-state index is -0.525. The zero-order valence-electron chi connectivity index (χ0n) is 52.1. The molecule has 2 aliphatic heterocycles. The number of fused-ring (bicyclic) bond motifs is 2. The minimum absolute atomic E-state index is 0.269. The summed E-state index contributed by atoms with van der Waals surface area (Å²) in [7, 11) is 3.36. The number of benzene rings is 5. The molecule has 2 fully saturated rings. The highest BCUT2D eigenvalue weighted by Crippen LogP contribution is 2.30. The zero-order chi connectivity index (χ0) is 62.3. The van der Waals surface area contributed by atoms with Gasteiger partial charge in [-0.05, 0) is 146 Å². The highest BCUT2D eigenvalue weighted by atomic mass is 16.6. The third-order valence-electron chi connectivity index (χ3n) is 14.3. The fourth-order valence-corrected chi connectivity index (χ4v) is 9.37. The molecule has 0 aliphatic carbocycles. The van der Waals surface area contributed by atoms with Crippen LogP contribution in [0.25, 0.3) is 44.6 Å². The second-order valence-corrected chi connectivity index (χ2v) is 23.0. The van der Waals surface area contributed by atoms with E-state index in [1.54, 1.807) is 24.0 Å². The largest absolute Gasteiger partial charge is 0.497 e. The monoisotopic (exact) mass is 1180 g/mol. The summed E-state index contributed by atoms with van der Waals surface area (Å²) in [6.07, 6.45) is 1.58. The fraction of sp³-hybridized carbons (Fsp3) is 0.385. The van der Waals surface area contributed by atoms with Crippen LogP contribution in [0, 0.1) is 13.8 Å². The number of ether oxygens (including phenoxy) is 4. The maximum Gasteiger partial charge on any atom is 0.410 e. The molecule has 458 valence electrons. The number of aromatic nitrogens is 10. The van der Waals surface area contributed by atoms with E-state index >= 15 is 0 Å². The second-order valence-electron chi connectivity index (χ2n) is 23.0. The Hall–Kier alpha value is -9.60. The number of hydrogen-bond acceptors (Lipinski definition) is 18. The number of nitrogens with two attached hydrogens (primary N) is 1. The van der Waals surface area contributed by atoms with Crippen LogP contribution in [0.3, 0.4) is 0 Å². The molecule has 5 aromatic carbocycles. The van der Waals surface area contributed by atoms with Gasteiger partial charge >= 0.3 is 12.2 Å². The first-order chi connectivity index (χ1) is 41.7. The van der Waals surface area contributed by atoms with Crippen molar-refractivity contribution in [3.63, 3.8) is 0 Å². The van der Waals surface area contributed by atoms with Crippen LogP contribution in [-0.4, -0.2) is 151 Å². The lowest BCUT2D eigenvalue weighted by atomic mass is 10.1. The molecule has 11 rings (SSSR count). The van der Waals surface area contributed by atoms with E-state index in [4.69, 9.17) is 29.7 Å². The Kier molecular flexibility index (Phi) is 21.1. The molecule has 2 amide bonds. The highest BCUT2D eigenvalue weighted by molar-refractivity contribution is 5.86. The van der Waals surface area contributed by atoms with Crippen molar-refractivity contribution in [1.29, 1.82) is 0 Å². The molecule has 0 spiro atoms. The Morgan fingerprint density at radius 1 is 0.540 bits per heavy atom. The highest BCUT2D eigenvalue weighted by Gasteiger charge is 2.30. The van der Waals surface area contributed by atoms with Crippen LogP contribution in [0.4, 0.5) is 32.9 Å². The van der Waals surface area contributed by atoms with Gasteiger partial charge in [0.25, 0.3) is 0 Å². The average molecular weight is 1180 g/mol. The van der Waals surface area contributed by atoms with Gasteiger partial charge in [0.05, 0.1) is 25.3 Å². The van der Waals surface area contributed by atoms with E-state index in [1.807, 2.05) is 139 Å². The smallest absolute Gasteiger partial charge is 0.410 e. The lowest BCUT2D eigenvalue weighted by molar-refractivity contribution is 0.0230. The molecule has 4 aromatic heterocycles. The molecule has 22 heteroatoms. The number of carbonyl (C=O) groups excluding carboxylic acids is 2. The Labute approximate surface area is 509 Å². The van der Waals surface area contributed by atoms with Gasteiger partial charge in [-0.3, -0.25) is 10.2 Å². The molecule has 0 bridgehead atoms. The number of anilines is 4. The van der Waals surface area contributed by atoms with Crippen LogP contribution >= 0.6 is 0 Å². The van der Waals surface area contributed by atoms with Crippen LogP contribution in [0.1, 0.15) is 83.5 Å². The maximum absolute atomic E-state index is 12.6. The van der Waals surface area contributed by atoms with E-state index < -0.39 is 11.2 Å². The van der Waals surface area contributed by atoms with Crippen LogP contribution in [0.2, 0.25) is 0 Å². The fourth-order valence-electron chi connectivity index (χ4n) is 9.37. The molecular weight excluding hydrogens is 1100 g/mol. The van der Waals surface area contributed by atoms with Gasteiger partial charge in [0, 0.05) is 92.2 Å². The predicted octanol–water partition coefficient (Wildman–Crippen LogP) is 11.3. The molecule has 9 aromatic rings. The number of hydrogen-bond donors (Lipinski definition) is 4. The number of aromatic amines is 2. The lowest BCUT2D eigenvalue weighted by Crippen LogP contribution is -2.50. The summed E-state index contributed by atoms with van der Waals surface area (Å²) in [4.78, 5) is 42.1. The number of nitrogens with zero attached hydrogens (tertiary/aromatic N) is 12. The van der Waals surface area contributed by atoms with Crippen molar-refractivity contribution in [2.75, 3.05) is 87.4 Å². The van der Waals surface area contributed by atoms with Gasteiger partial charge in [-0.25, -0.2) is 19.6 Å². The Balaban J connectivity index is 0.000000173. The van der Waals surface area contributed by atoms with Gasteiger partial charge in [-0.2, -0.15) is 10.2 Å². The lowest BCUT2D eigenvalue weighted by Gasteiger charge is -2.36. The van der Waals surface area contributed by atoms with E-state index in [1.165, 1.54) is 11.1 Å². The zero-order valence-corrected chi connectivity index (χ0v) is 52.1. The summed E-state index contributed by atoms with van der Waals surface area (Å²) in [5, 5.41) is 37.3. The molecule has 0 radical (unpaired) electrons. The van der Waals surface area contributed by atoms with E-state index in [9.17, 15) is 9.59 Å². The van der Waals surface area contributed by atoms with Gasteiger partial charge in [-0.15, -0.1) is 20.4 Å². The number of nitrogens with one attached hydrogen (secondary N) is 3. The third-order valence-corrected chi connectivity index (χ3v) is 14.3. The molecule has 0 saturated carbocycles. The molecule has 2 saturated heterocycles. The van der Waals surface area contributed by atoms with Crippen LogP contribution in [-0.2, 0) is 28.9 Å². The Bertz CT molecular complexity index is 3590. The van der Waals surface area contributed by atoms with Crippen molar-refractivity contribution >= 4 is 57.3 Å². The van der Waals surface area contributed by atoms with Gasteiger partial charge in [-0.1, -0.05) is 68.4 Å². The summed E-state index contributed by atoms with van der Waals surface area (Å²) in [5.74, 6) is 5.06. The molecule has 22 nitrogen and oxygen atoms in total. The molecule has 0 unspecified atom stereocenters. The molecule has 5 N–H and O–H groups in total. The van der Waals surface area contributed by atoms with Crippen molar-refractivity contribution in [3.8, 4) is 34.3 Å². The first-order valence-corrected chi connectivity index (χ1v) is 29.4. The van der Waals surface area contributed by atoms with E-state index in [0.29, 0.717) is 88.0 Å². The van der Waals surface area contributed by atoms with Crippen molar-refractivity contribution in [2.24, 2.45) is 0 Å². The minimum Gasteiger partial charge on any atom is -0.497 e.